The number of aromatic nitrogens is 2. The Labute approximate surface area is 528 Å². The first kappa shape index (κ1) is 53.3. The number of anilines is 4. The molecule has 10 aromatic rings. The van der Waals surface area contributed by atoms with Crippen LogP contribution in [-0.2, 0) is 54.5 Å². The van der Waals surface area contributed by atoms with Crippen molar-refractivity contribution < 1.29 is 32.7 Å². The number of rotatable bonds is 9. The predicted molar refractivity (Wildman–Crippen MR) is 355 cm³/mol. The number of fused-ring (bicyclic) bond motifs is 5. The van der Waals surface area contributed by atoms with Crippen molar-refractivity contribution in [2.24, 2.45) is 5.41 Å². The molecule has 8 aromatic carbocycles. The maximum Gasteiger partial charge on any atom is 0.135 e. The Morgan fingerprint density at radius 2 is 1.18 bits per heavy atom. The summed E-state index contributed by atoms with van der Waals surface area (Å²) < 4.78 is 58.0. The van der Waals surface area contributed by atoms with Crippen molar-refractivity contribution in [1.82, 2.24) is 9.55 Å². The first-order valence-corrected chi connectivity index (χ1v) is 29.9. The van der Waals surface area contributed by atoms with Crippen LogP contribution in [0.1, 0.15) is 164 Å². The molecule has 0 amide bonds. The molecule has 2 aliphatic rings. The van der Waals surface area contributed by atoms with Gasteiger partial charge in [0.1, 0.15) is 5.82 Å². The number of pyridine rings is 1. The van der Waals surface area contributed by atoms with Gasteiger partial charge in [0.2, 0.25) is 0 Å². The van der Waals surface area contributed by atoms with Crippen LogP contribution in [0.5, 0.6) is 11.5 Å². The van der Waals surface area contributed by atoms with Crippen LogP contribution in [0.3, 0.4) is 0 Å². The number of para-hydroxylation sites is 3. The van der Waals surface area contributed by atoms with Crippen molar-refractivity contribution in [2.45, 2.75) is 157 Å². The standard InChI is InChI=1S/C79H83N4O.Pt/c1-74(2,3)48-54-44-72(80-49-65(54)53-32-38-66-67(43-53)79(15,16)41-40-78(66,13)14)83-68-39-35-57(77(10,11)12)45-64(68)63-37-36-60(47-71(63)83)84-59-25-20-24-58(46-59)81-50-82(70-29-18-17-28-69(70)81)73-61(51-30-33-55(34-31-51)75(4,5)6)26-21-27-62(73)52-22-19-23-56(42-52)76(7,8)9;/h17-39,42-45,49-50H,40-41,48H2,1-16H3;/q-3;/i32D,38D,43D,48D2;. The van der Waals surface area contributed by atoms with Gasteiger partial charge in [0, 0.05) is 80.8 Å². The second kappa shape index (κ2) is 21.6. The van der Waals surface area contributed by atoms with Gasteiger partial charge in [-0.05, 0) is 131 Å². The monoisotopic (exact) mass is 1300 g/mol. The van der Waals surface area contributed by atoms with Gasteiger partial charge in [-0.1, -0.05) is 225 Å². The summed E-state index contributed by atoms with van der Waals surface area (Å²) in [7, 11) is 0. The largest absolute Gasteiger partial charge is 0.509 e. The third-order valence-corrected chi connectivity index (χ3v) is 17.2. The molecule has 5 nitrogen and oxygen atoms in total. The van der Waals surface area contributed by atoms with Gasteiger partial charge in [-0.2, -0.15) is 12.1 Å². The van der Waals surface area contributed by atoms with Gasteiger partial charge in [-0.25, -0.2) is 4.98 Å². The summed E-state index contributed by atoms with van der Waals surface area (Å²) in [4.78, 5) is 9.70. The van der Waals surface area contributed by atoms with Gasteiger partial charge in [0.15, 0.2) is 0 Å². The number of hydrogen-bond acceptors (Lipinski definition) is 4. The van der Waals surface area contributed by atoms with Crippen LogP contribution >= 0.6 is 0 Å². The quantitative estimate of drug-likeness (QED) is 0.135. The number of hydrogen-bond donors (Lipinski definition) is 0. The summed E-state index contributed by atoms with van der Waals surface area (Å²) >= 11 is 0. The second-order valence-electron chi connectivity index (χ2n) is 28.8. The van der Waals surface area contributed by atoms with E-state index in [2.05, 4.69) is 240 Å². The summed E-state index contributed by atoms with van der Waals surface area (Å²) in [5.74, 6) is 1.39. The second-order valence-corrected chi connectivity index (χ2v) is 28.8. The summed E-state index contributed by atoms with van der Waals surface area (Å²) in [6.45, 7) is 36.4. The van der Waals surface area contributed by atoms with Crippen LogP contribution in [0.2, 0.25) is 0 Å². The molecular formula is C79H83N4OPt-3. The van der Waals surface area contributed by atoms with Crippen LogP contribution in [0.4, 0.5) is 22.7 Å². The Morgan fingerprint density at radius 3 is 1.86 bits per heavy atom. The number of benzene rings is 8. The minimum Gasteiger partial charge on any atom is -0.509 e. The summed E-state index contributed by atoms with van der Waals surface area (Å²) in [6, 6.07) is 58.9. The van der Waals surface area contributed by atoms with E-state index in [0.717, 1.165) is 90.8 Å². The Kier molecular flexibility index (Phi) is 13.6. The SMILES string of the molecule is [2H]c1c([2H])c2c(c([2H])c1-c1cnc(-n3c4[c-]c(Oc5[c-]c(N6[CH-]N(c7c(-c8ccc(C(C)(C)C)cc8)cccc7-c7cccc(C(C)(C)C)c7)c7ccccc76)ccc5)ccc4c4cc(C(C)(C)C)ccc43)cc1C([2H])([2H])C(C)(C)C)C(C)(C)CCC2(C)C.[Pt]. The Bertz CT molecular complexity index is 4450. The smallest absolute Gasteiger partial charge is 0.135 e. The molecule has 12 rings (SSSR count). The molecule has 0 N–H and O–H groups in total. The zero-order valence-electron chi connectivity index (χ0n) is 57.4. The molecular weight excluding hydrogens is 1220 g/mol. The van der Waals surface area contributed by atoms with E-state index in [1.165, 1.54) is 11.1 Å². The van der Waals surface area contributed by atoms with Crippen LogP contribution in [0, 0.1) is 24.2 Å². The topological polar surface area (TPSA) is 33.5 Å². The molecule has 2 aromatic heterocycles. The first-order valence-electron chi connectivity index (χ1n) is 32.4. The average molecular weight is 1300 g/mol. The van der Waals surface area contributed by atoms with Gasteiger partial charge >= 0.3 is 0 Å². The molecule has 0 bridgehead atoms. The molecule has 3 heterocycles. The van der Waals surface area contributed by atoms with E-state index in [9.17, 15) is 6.85 Å². The van der Waals surface area contributed by atoms with E-state index < -0.39 is 22.6 Å². The Balaban J connectivity index is 0.00000833. The molecule has 0 fully saturated rings. The number of nitrogens with zero attached hydrogens (tertiary/aromatic N) is 4. The summed E-state index contributed by atoms with van der Waals surface area (Å²) in [5, 5.41) is 1.90. The van der Waals surface area contributed by atoms with E-state index in [1.54, 1.807) is 12.3 Å². The van der Waals surface area contributed by atoms with Gasteiger partial charge in [-0.15, -0.1) is 48.1 Å². The third-order valence-electron chi connectivity index (χ3n) is 17.2. The molecule has 438 valence electrons. The van der Waals surface area contributed by atoms with Crippen molar-refractivity contribution >= 4 is 44.6 Å². The summed E-state index contributed by atoms with van der Waals surface area (Å²) in [5.41, 5.74) is 14.0. The van der Waals surface area contributed by atoms with Gasteiger partial charge < -0.3 is 19.1 Å². The van der Waals surface area contributed by atoms with Gasteiger partial charge in [0.25, 0.3) is 0 Å². The first-order chi connectivity index (χ1) is 41.7. The minimum atomic E-state index is -1.99. The molecule has 1 aliphatic heterocycles. The van der Waals surface area contributed by atoms with Crippen molar-refractivity contribution in [3.63, 3.8) is 0 Å². The van der Waals surface area contributed by atoms with Crippen LogP contribution in [0.25, 0.3) is 61.0 Å². The number of ether oxygens (including phenoxy) is 1. The van der Waals surface area contributed by atoms with Gasteiger partial charge in [0.05, 0.1) is 4.11 Å². The van der Waals surface area contributed by atoms with E-state index in [-0.39, 0.29) is 61.0 Å². The zero-order chi connectivity index (χ0) is 63.9. The molecule has 1 aliphatic carbocycles. The fraction of sp³-hybridized carbons (Fsp3) is 0.316. The minimum absolute atomic E-state index is 0. The van der Waals surface area contributed by atoms with Crippen LogP contribution in [0.15, 0.2) is 170 Å². The van der Waals surface area contributed by atoms with Crippen molar-refractivity contribution in [1.29, 1.82) is 0 Å². The van der Waals surface area contributed by atoms with E-state index in [1.807, 2.05) is 43.5 Å². The fourth-order valence-electron chi connectivity index (χ4n) is 12.2. The Hall–Kier alpha value is -7.20. The zero-order valence-corrected chi connectivity index (χ0v) is 54.7. The molecule has 0 saturated carbocycles. The average Bonchev–Trinajstić information content (AvgIpc) is 0.928. The Morgan fingerprint density at radius 1 is 0.565 bits per heavy atom. The molecule has 6 heteroatoms. The molecule has 0 radical (unpaired) electrons. The fourth-order valence-corrected chi connectivity index (χ4v) is 12.2. The van der Waals surface area contributed by atoms with Gasteiger partial charge in [-0.3, -0.25) is 0 Å². The van der Waals surface area contributed by atoms with E-state index in [4.69, 9.17) is 9.72 Å². The molecule has 0 saturated heterocycles. The van der Waals surface area contributed by atoms with Crippen molar-refractivity contribution in [3.8, 4) is 50.7 Å². The summed E-state index contributed by atoms with van der Waals surface area (Å²) in [6.07, 6.45) is 1.30. The normalized spacial score (nSPS) is 16.0. The van der Waals surface area contributed by atoms with Crippen LogP contribution in [-0.4, -0.2) is 9.55 Å². The predicted octanol–water partition coefficient (Wildman–Crippen LogP) is 21.8. The van der Waals surface area contributed by atoms with E-state index >= 15 is 0 Å². The molecule has 85 heavy (non-hydrogen) atoms. The van der Waals surface area contributed by atoms with Crippen molar-refractivity contribution in [3.05, 3.63) is 222 Å². The maximum absolute atomic E-state index is 9.97. The molecule has 0 spiro atoms. The van der Waals surface area contributed by atoms with Crippen molar-refractivity contribution in [2.75, 3.05) is 9.80 Å². The molecule has 0 atom stereocenters. The third kappa shape index (κ3) is 11.4. The molecule has 0 unspecified atom stereocenters. The van der Waals surface area contributed by atoms with E-state index in [0.29, 0.717) is 34.0 Å². The van der Waals surface area contributed by atoms with Crippen LogP contribution < -0.4 is 14.5 Å². The maximum atomic E-state index is 9.97.